The topological polar surface area (TPSA) is 17.1 Å². The summed E-state index contributed by atoms with van der Waals surface area (Å²) in [5.74, 6) is 1.81. The minimum absolute atomic E-state index is 0.677. The van der Waals surface area contributed by atoms with Crippen LogP contribution in [-0.2, 0) is 4.57 Å². The first kappa shape index (κ1) is 10.1. The van der Waals surface area contributed by atoms with E-state index in [-0.39, 0.29) is 0 Å². The van der Waals surface area contributed by atoms with Gasteiger partial charge in [0, 0.05) is 17.4 Å². The molecule has 68 valence electrons. The van der Waals surface area contributed by atoms with E-state index in [1.165, 1.54) is 0 Å². The summed E-state index contributed by atoms with van der Waals surface area (Å²) in [6.07, 6.45) is 4.25. The van der Waals surface area contributed by atoms with Gasteiger partial charge in [-0.3, -0.25) is 0 Å². The van der Waals surface area contributed by atoms with Crippen molar-refractivity contribution in [2.24, 2.45) is 0 Å². The van der Waals surface area contributed by atoms with Crippen molar-refractivity contribution in [3.63, 3.8) is 0 Å². The summed E-state index contributed by atoms with van der Waals surface area (Å²) >= 11 is 5.87. The second-order valence-corrected chi connectivity index (χ2v) is 6.65. The molecule has 0 saturated heterocycles. The van der Waals surface area contributed by atoms with Crippen molar-refractivity contribution >= 4 is 18.7 Å². The largest absolute Gasteiger partial charge is 0.319 e. The van der Waals surface area contributed by atoms with E-state index >= 15 is 0 Å². The van der Waals surface area contributed by atoms with Crippen LogP contribution in [0, 0.1) is 0 Å². The summed E-state index contributed by atoms with van der Waals surface area (Å²) in [7, 11) is -2.03. The van der Waals surface area contributed by atoms with Crippen LogP contribution >= 0.6 is 18.7 Å². The molecule has 0 aromatic heterocycles. The van der Waals surface area contributed by atoms with Gasteiger partial charge in [0.1, 0.15) is 7.14 Å². The summed E-state index contributed by atoms with van der Waals surface area (Å²) in [5.41, 5.74) is 1.07. The zero-order chi connectivity index (χ0) is 9.19. The molecule has 1 nitrogen and oxygen atoms in total. The van der Waals surface area contributed by atoms with Gasteiger partial charge in [0.05, 0.1) is 0 Å². The number of hydrogen-bond acceptors (Lipinski definition) is 1. The molecule has 0 fully saturated rings. The number of rotatable bonds is 2. The van der Waals surface area contributed by atoms with Crippen molar-refractivity contribution in [1.29, 1.82) is 0 Å². The SMILES string of the molecule is CCCP1(=O)C=CC(Cl)=C(C)C1. The van der Waals surface area contributed by atoms with Crippen LogP contribution in [0.3, 0.4) is 0 Å². The predicted octanol–water partition coefficient (Wildman–Crippen LogP) is 3.80. The fraction of sp³-hybridized carbons (Fsp3) is 0.556. The van der Waals surface area contributed by atoms with Gasteiger partial charge in [-0.15, -0.1) is 0 Å². The molecule has 1 aliphatic heterocycles. The van der Waals surface area contributed by atoms with Crippen molar-refractivity contribution in [1.82, 2.24) is 0 Å². The van der Waals surface area contributed by atoms with Crippen LogP contribution in [0.4, 0.5) is 0 Å². The Bertz CT molecular complexity index is 278. The van der Waals surface area contributed by atoms with Crippen LogP contribution in [0.5, 0.6) is 0 Å². The van der Waals surface area contributed by atoms with E-state index in [0.29, 0.717) is 6.16 Å². The molecule has 0 spiro atoms. The average molecular weight is 205 g/mol. The standard InChI is InChI=1S/C9H14ClOP/c1-3-5-12(11)6-4-9(10)8(2)7-12/h4,6H,3,5,7H2,1-2H3. The zero-order valence-electron chi connectivity index (χ0n) is 7.51. The van der Waals surface area contributed by atoms with Crippen molar-refractivity contribution in [3.8, 4) is 0 Å². The molecule has 0 N–H and O–H groups in total. The summed E-state index contributed by atoms with van der Waals surface area (Å²) in [6.45, 7) is 4.01. The zero-order valence-corrected chi connectivity index (χ0v) is 9.16. The Labute approximate surface area is 78.9 Å². The molecular formula is C9H14ClOP. The molecule has 0 saturated carbocycles. The van der Waals surface area contributed by atoms with Gasteiger partial charge in [-0.25, -0.2) is 0 Å². The van der Waals surface area contributed by atoms with Crippen LogP contribution < -0.4 is 0 Å². The van der Waals surface area contributed by atoms with Crippen LogP contribution in [0.1, 0.15) is 20.3 Å². The molecule has 0 radical (unpaired) electrons. The van der Waals surface area contributed by atoms with Crippen molar-refractivity contribution in [2.45, 2.75) is 20.3 Å². The number of halogens is 1. The van der Waals surface area contributed by atoms with Crippen LogP contribution in [0.2, 0.25) is 0 Å². The Hall–Kier alpha value is -0.0000000000000000555. The van der Waals surface area contributed by atoms with Crippen molar-refractivity contribution < 1.29 is 4.57 Å². The van der Waals surface area contributed by atoms with E-state index in [4.69, 9.17) is 11.6 Å². The highest BCUT2D eigenvalue weighted by molar-refractivity contribution is 7.67. The average Bonchev–Trinajstić information content (AvgIpc) is 1.98. The highest BCUT2D eigenvalue weighted by Crippen LogP contribution is 2.52. The third-order valence-corrected chi connectivity index (χ3v) is 5.36. The molecule has 0 bridgehead atoms. The Balaban J connectivity index is 2.80. The van der Waals surface area contributed by atoms with Crippen LogP contribution in [0.25, 0.3) is 0 Å². The lowest BCUT2D eigenvalue weighted by molar-refractivity contribution is 0.580. The van der Waals surface area contributed by atoms with E-state index in [9.17, 15) is 4.57 Å². The molecule has 0 aliphatic carbocycles. The smallest absolute Gasteiger partial charge is 0.112 e. The quantitative estimate of drug-likeness (QED) is 0.626. The first-order valence-electron chi connectivity index (χ1n) is 4.19. The summed E-state index contributed by atoms with van der Waals surface area (Å²) in [4.78, 5) is 0. The van der Waals surface area contributed by atoms with Gasteiger partial charge >= 0.3 is 0 Å². The molecule has 1 atom stereocenters. The maximum atomic E-state index is 12.0. The molecule has 1 rings (SSSR count). The van der Waals surface area contributed by atoms with E-state index in [1.54, 1.807) is 6.08 Å². The predicted molar refractivity (Wildman–Crippen MR) is 55.3 cm³/mol. The van der Waals surface area contributed by atoms with E-state index in [0.717, 1.165) is 23.2 Å². The maximum Gasteiger partial charge on any atom is 0.112 e. The highest BCUT2D eigenvalue weighted by Gasteiger charge is 2.21. The van der Waals surface area contributed by atoms with Gasteiger partial charge in [0.25, 0.3) is 0 Å². The third kappa shape index (κ3) is 2.24. The number of allylic oxidation sites excluding steroid dienone is 3. The Morgan fingerprint density at radius 3 is 2.83 bits per heavy atom. The first-order valence-corrected chi connectivity index (χ1v) is 6.72. The minimum atomic E-state index is -2.03. The fourth-order valence-corrected chi connectivity index (χ4v) is 4.28. The minimum Gasteiger partial charge on any atom is -0.319 e. The van der Waals surface area contributed by atoms with E-state index in [1.807, 2.05) is 12.7 Å². The lowest BCUT2D eigenvalue weighted by atomic mass is 10.3. The second kappa shape index (κ2) is 3.81. The molecule has 12 heavy (non-hydrogen) atoms. The summed E-state index contributed by atoms with van der Waals surface area (Å²) in [5, 5.41) is 0.762. The summed E-state index contributed by atoms with van der Waals surface area (Å²) < 4.78 is 12.0. The Kier molecular flexibility index (Phi) is 3.20. The number of hydrogen-bond donors (Lipinski definition) is 0. The monoisotopic (exact) mass is 204 g/mol. The Morgan fingerprint density at radius 2 is 2.33 bits per heavy atom. The fourth-order valence-electron chi connectivity index (χ4n) is 1.41. The lowest BCUT2D eigenvalue weighted by Gasteiger charge is -2.18. The van der Waals surface area contributed by atoms with Gasteiger partial charge in [-0.05, 0) is 30.8 Å². The lowest BCUT2D eigenvalue weighted by Crippen LogP contribution is -1.98. The third-order valence-electron chi connectivity index (χ3n) is 2.01. The second-order valence-electron chi connectivity index (χ2n) is 3.28. The first-order chi connectivity index (χ1) is 5.57. The molecule has 0 aromatic carbocycles. The normalized spacial score (nSPS) is 29.6. The maximum absolute atomic E-state index is 12.0. The molecule has 1 heterocycles. The van der Waals surface area contributed by atoms with Crippen LogP contribution in [-0.4, -0.2) is 12.3 Å². The highest BCUT2D eigenvalue weighted by atomic mass is 35.5. The van der Waals surface area contributed by atoms with Crippen molar-refractivity contribution in [2.75, 3.05) is 12.3 Å². The summed E-state index contributed by atoms with van der Waals surface area (Å²) in [6, 6.07) is 0. The van der Waals surface area contributed by atoms with Gasteiger partial charge in [-0.1, -0.05) is 18.5 Å². The molecular weight excluding hydrogens is 191 g/mol. The molecule has 1 aliphatic rings. The van der Waals surface area contributed by atoms with E-state index in [2.05, 4.69) is 6.92 Å². The Morgan fingerprint density at radius 1 is 1.67 bits per heavy atom. The van der Waals surface area contributed by atoms with Crippen molar-refractivity contribution in [3.05, 3.63) is 22.5 Å². The van der Waals surface area contributed by atoms with Gasteiger partial charge in [-0.2, -0.15) is 0 Å². The van der Waals surface area contributed by atoms with Gasteiger partial charge in [0.2, 0.25) is 0 Å². The molecule has 0 aromatic rings. The van der Waals surface area contributed by atoms with E-state index < -0.39 is 7.14 Å². The molecule has 0 amide bonds. The molecule has 3 heteroatoms. The van der Waals surface area contributed by atoms with Gasteiger partial charge in [0.15, 0.2) is 0 Å². The van der Waals surface area contributed by atoms with Gasteiger partial charge < -0.3 is 4.57 Å². The molecule has 1 unspecified atom stereocenters. The van der Waals surface area contributed by atoms with Crippen LogP contribution in [0.15, 0.2) is 22.5 Å².